The third kappa shape index (κ3) is 2.58. The number of carboxylic acid groups (broad SMARTS) is 1. The Bertz CT molecular complexity index is 672. The zero-order valence-electron chi connectivity index (χ0n) is 11.8. The SMILES string of the molecule is COc1cc2nn(C3CCC(O)CC3)cc2cc1C(=O)O. The van der Waals surface area contributed by atoms with Crippen molar-refractivity contribution < 1.29 is 19.7 Å². The molecule has 0 bridgehead atoms. The minimum absolute atomic E-state index is 0.142. The fourth-order valence-electron chi connectivity index (χ4n) is 2.92. The van der Waals surface area contributed by atoms with Crippen molar-refractivity contribution in [3.8, 4) is 5.75 Å². The van der Waals surface area contributed by atoms with Crippen molar-refractivity contribution in [1.29, 1.82) is 0 Å². The summed E-state index contributed by atoms with van der Waals surface area (Å²) in [5.74, 6) is -0.693. The molecule has 2 N–H and O–H groups in total. The summed E-state index contributed by atoms with van der Waals surface area (Å²) in [6, 6.07) is 3.52. The van der Waals surface area contributed by atoms with Gasteiger partial charge in [0, 0.05) is 17.6 Å². The second kappa shape index (κ2) is 5.37. The molecule has 112 valence electrons. The number of aliphatic hydroxyl groups is 1. The van der Waals surface area contributed by atoms with E-state index in [1.165, 1.54) is 7.11 Å². The summed E-state index contributed by atoms with van der Waals surface area (Å²) in [7, 11) is 1.45. The molecule has 0 saturated heterocycles. The molecule has 6 nitrogen and oxygen atoms in total. The standard InChI is InChI=1S/C15H18N2O4/c1-21-14-7-13-9(6-12(14)15(19)20)8-17(16-13)10-2-4-11(18)5-3-10/h6-8,10-11,18H,2-5H2,1H3,(H,19,20). The highest BCUT2D eigenvalue weighted by Gasteiger charge is 2.22. The van der Waals surface area contributed by atoms with Gasteiger partial charge in [-0.1, -0.05) is 0 Å². The van der Waals surface area contributed by atoms with Crippen LogP contribution in [-0.4, -0.2) is 39.2 Å². The molecule has 1 fully saturated rings. The average molecular weight is 290 g/mol. The molecule has 3 rings (SSSR count). The highest BCUT2D eigenvalue weighted by molar-refractivity contribution is 5.96. The van der Waals surface area contributed by atoms with E-state index in [0.29, 0.717) is 5.75 Å². The molecule has 1 aromatic heterocycles. The van der Waals surface area contributed by atoms with E-state index in [-0.39, 0.29) is 17.7 Å². The Balaban J connectivity index is 1.98. The van der Waals surface area contributed by atoms with Crippen molar-refractivity contribution >= 4 is 16.9 Å². The van der Waals surface area contributed by atoms with E-state index in [4.69, 9.17) is 4.74 Å². The van der Waals surface area contributed by atoms with Gasteiger partial charge >= 0.3 is 5.97 Å². The van der Waals surface area contributed by atoms with Crippen molar-refractivity contribution in [3.63, 3.8) is 0 Å². The smallest absolute Gasteiger partial charge is 0.339 e. The molecule has 0 atom stereocenters. The van der Waals surface area contributed by atoms with Crippen molar-refractivity contribution in [3.05, 3.63) is 23.9 Å². The summed E-state index contributed by atoms with van der Waals surface area (Å²) < 4.78 is 7.01. The first-order valence-electron chi connectivity index (χ1n) is 7.06. The van der Waals surface area contributed by atoms with Crippen molar-refractivity contribution in [2.24, 2.45) is 0 Å². The third-order valence-electron chi connectivity index (χ3n) is 4.11. The number of hydrogen-bond acceptors (Lipinski definition) is 4. The Morgan fingerprint density at radius 2 is 2.05 bits per heavy atom. The van der Waals surface area contributed by atoms with Gasteiger partial charge in [-0.2, -0.15) is 5.10 Å². The third-order valence-corrected chi connectivity index (χ3v) is 4.11. The van der Waals surface area contributed by atoms with Crippen molar-refractivity contribution in [2.75, 3.05) is 7.11 Å². The number of fused-ring (bicyclic) bond motifs is 1. The van der Waals surface area contributed by atoms with Gasteiger partial charge in [0.25, 0.3) is 0 Å². The number of carbonyl (C=O) groups is 1. The summed E-state index contributed by atoms with van der Waals surface area (Å²) in [4.78, 5) is 11.2. The lowest BCUT2D eigenvalue weighted by molar-refractivity contribution is 0.0693. The van der Waals surface area contributed by atoms with Crippen LogP contribution in [0.3, 0.4) is 0 Å². The van der Waals surface area contributed by atoms with E-state index in [1.807, 2.05) is 10.9 Å². The monoisotopic (exact) mass is 290 g/mol. The number of aromatic nitrogens is 2. The van der Waals surface area contributed by atoms with Crippen LogP contribution in [0.1, 0.15) is 42.1 Å². The van der Waals surface area contributed by atoms with Gasteiger partial charge in [-0.3, -0.25) is 4.68 Å². The van der Waals surface area contributed by atoms with Gasteiger partial charge in [0.15, 0.2) is 0 Å². The largest absolute Gasteiger partial charge is 0.496 e. The van der Waals surface area contributed by atoms with Crippen LogP contribution in [-0.2, 0) is 0 Å². The Labute approximate surface area is 121 Å². The van der Waals surface area contributed by atoms with Crippen LogP contribution >= 0.6 is 0 Å². The number of rotatable bonds is 3. The lowest BCUT2D eigenvalue weighted by Crippen LogP contribution is -2.21. The number of benzene rings is 1. The molecule has 0 aliphatic heterocycles. The van der Waals surface area contributed by atoms with Crippen LogP contribution in [0.25, 0.3) is 10.9 Å². The first-order valence-corrected chi connectivity index (χ1v) is 7.06. The van der Waals surface area contributed by atoms with E-state index in [2.05, 4.69) is 5.10 Å². The normalized spacial score (nSPS) is 22.4. The van der Waals surface area contributed by atoms with Crippen LogP contribution < -0.4 is 4.74 Å². The molecule has 0 unspecified atom stereocenters. The number of carboxylic acids is 1. The van der Waals surface area contributed by atoms with E-state index in [0.717, 1.165) is 36.6 Å². The maximum Gasteiger partial charge on any atom is 0.339 e. The first kappa shape index (κ1) is 13.9. The van der Waals surface area contributed by atoms with Gasteiger partial charge in [-0.05, 0) is 31.7 Å². The minimum Gasteiger partial charge on any atom is -0.496 e. The summed E-state index contributed by atoms with van der Waals surface area (Å²) in [5, 5.41) is 24.1. The maximum absolute atomic E-state index is 11.2. The van der Waals surface area contributed by atoms with Crippen molar-refractivity contribution in [1.82, 2.24) is 9.78 Å². The van der Waals surface area contributed by atoms with Crippen molar-refractivity contribution in [2.45, 2.75) is 37.8 Å². The summed E-state index contributed by atoms with van der Waals surface area (Å²) in [5.41, 5.74) is 0.867. The Morgan fingerprint density at radius 1 is 1.33 bits per heavy atom. The van der Waals surface area contributed by atoms with Crippen LogP contribution in [0.4, 0.5) is 0 Å². The topological polar surface area (TPSA) is 84.6 Å². The maximum atomic E-state index is 11.2. The second-order valence-corrected chi connectivity index (χ2v) is 5.49. The molecule has 1 aromatic carbocycles. The van der Waals surface area contributed by atoms with E-state index in [1.54, 1.807) is 12.1 Å². The Morgan fingerprint density at radius 3 is 2.67 bits per heavy atom. The number of aliphatic hydroxyl groups excluding tert-OH is 1. The predicted octanol–water partition coefficient (Wildman–Crippen LogP) is 2.22. The highest BCUT2D eigenvalue weighted by Crippen LogP contribution is 2.31. The van der Waals surface area contributed by atoms with Crippen LogP contribution in [0.15, 0.2) is 18.3 Å². The van der Waals surface area contributed by atoms with Gasteiger partial charge in [0.1, 0.15) is 11.3 Å². The lowest BCUT2D eigenvalue weighted by atomic mass is 9.93. The second-order valence-electron chi connectivity index (χ2n) is 5.49. The molecule has 1 aliphatic rings. The average Bonchev–Trinajstić information content (AvgIpc) is 2.89. The van der Waals surface area contributed by atoms with Gasteiger partial charge in [-0.25, -0.2) is 4.79 Å². The molecule has 1 saturated carbocycles. The van der Waals surface area contributed by atoms with E-state index in [9.17, 15) is 15.0 Å². The van der Waals surface area contributed by atoms with Crippen LogP contribution in [0.5, 0.6) is 5.75 Å². The molecule has 6 heteroatoms. The number of ether oxygens (including phenoxy) is 1. The van der Waals surface area contributed by atoms with Gasteiger partial charge in [-0.15, -0.1) is 0 Å². The fourth-order valence-corrected chi connectivity index (χ4v) is 2.92. The van der Waals surface area contributed by atoms with E-state index >= 15 is 0 Å². The number of aromatic carboxylic acids is 1. The quantitative estimate of drug-likeness (QED) is 0.905. The summed E-state index contributed by atoms with van der Waals surface area (Å²) in [6.07, 6.45) is 5.01. The lowest BCUT2D eigenvalue weighted by Gasteiger charge is -2.25. The molecule has 2 aromatic rings. The predicted molar refractivity (Wildman–Crippen MR) is 76.8 cm³/mol. The molecule has 21 heavy (non-hydrogen) atoms. The van der Waals surface area contributed by atoms with E-state index < -0.39 is 5.97 Å². The number of hydrogen-bond donors (Lipinski definition) is 2. The molecule has 1 heterocycles. The molecule has 1 aliphatic carbocycles. The molecular weight excluding hydrogens is 272 g/mol. The Hall–Kier alpha value is -2.08. The van der Waals surface area contributed by atoms with Crippen LogP contribution in [0, 0.1) is 0 Å². The summed E-state index contributed by atoms with van der Waals surface area (Å²) in [6.45, 7) is 0. The van der Waals surface area contributed by atoms with Gasteiger partial charge in [0.2, 0.25) is 0 Å². The summed E-state index contributed by atoms with van der Waals surface area (Å²) >= 11 is 0. The fraction of sp³-hybridized carbons (Fsp3) is 0.467. The number of nitrogens with zero attached hydrogens (tertiary/aromatic N) is 2. The number of methoxy groups -OCH3 is 1. The zero-order valence-corrected chi connectivity index (χ0v) is 11.8. The zero-order chi connectivity index (χ0) is 15.0. The first-order chi connectivity index (χ1) is 10.1. The van der Waals surface area contributed by atoms with Crippen LogP contribution in [0.2, 0.25) is 0 Å². The molecular formula is C15H18N2O4. The minimum atomic E-state index is -1.01. The highest BCUT2D eigenvalue weighted by atomic mass is 16.5. The Kier molecular flexibility index (Phi) is 3.55. The molecule has 0 spiro atoms. The van der Waals surface area contributed by atoms with Gasteiger partial charge in [0.05, 0.1) is 24.8 Å². The molecule has 0 radical (unpaired) electrons. The molecule has 0 amide bonds. The van der Waals surface area contributed by atoms with Gasteiger partial charge < -0.3 is 14.9 Å².